The van der Waals surface area contributed by atoms with Crippen molar-refractivity contribution in [2.45, 2.75) is 39.5 Å². The van der Waals surface area contributed by atoms with Gasteiger partial charge in [-0.1, -0.05) is 20.3 Å². The van der Waals surface area contributed by atoms with Gasteiger partial charge in [0.05, 0.1) is 25.4 Å². The van der Waals surface area contributed by atoms with Crippen molar-refractivity contribution in [3.05, 3.63) is 0 Å². The van der Waals surface area contributed by atoms with Crippen molar-refractivity contribution in [1.82, 2.24) is 4.90 Å². The highest BCUT2D eigenvalue weighted by molar-refractivity contribution is 5.85. The molecule has 1 aliphatic carbocycles. The van der Waals surface area contributed by atoms with E-state index in [1.54, 1.807) is 4.90 Å². The summed E-state index contributed by atoms with van der Waals surface area (Å²) in [6.45, 7) is 4.79. The van der Waals surface area contributed by atoms with E-state index in [2.05, 4.69) is 4.74 Å². The lowest BCUT2D eigenvalue weighted by Gasteiger charge is -2.28. The monoisotopic (exact) mass is 299 g/mol. The molecule has 0 aromatic heterocycles. The van der Waals surface area contributed by atoms with Crippen LogP contribution in [-0.4, -0.2) is 48.1 Å². The first-order valence-electron chi connectivity index (χ1n) is 7.45. The number of carbonyl (C=O) groups is 3. The van der Waals surface area contributed by atoms with E-state index in [9.17, 15) is 19.5 Å². The van der Waals surface area contributed by atoms with Gasteiger partial charge in [-0.05, 0) is 18.8 Å². The molecule has 0 aliphatic heterocycles. The van der Waals surface area contributed by atoms with Crippen LogP contribution in [0.2, 0.25) is 0 Å². The number of carbonyl (C=O) groups excluding carboxylic acids is 2. The fourth-order valence-electron chi connectivity index (χ4n) is 2.85. The summed E-state index contributed by atoms with van der Waals surface area (Å²) in [7, 11) is 1.31. The molecular formula is C15H25NO5. The topological polar surface area (TPSA) is 83.9 Å². The fraction of sp³-hybridized carbons (Fsp3) is 0.800. The van der Waals surface area contributed by atoms with Crippen LogP contribution in [0.1, 0.15) is 39.5 Å². The highest BCUT2D eigenvalue weighted by atomic mass is 16.5. The maximum Gasteiger partial charge on any atom is 0.307 e. The molecule has 0 aromatic carbocycles. The summed E-state index contributed by atoms with van der Waals surface area (Å²) in [6, 6.07) is 0. The smallest absolute Gasteiger partial charge is 0.307 e. The third kappa shape index (κ3) is 5.02. The lowest BCUT2D eigenvalue weighted by Crippen LogP contribution is -2.42. The predicted molar refractivity (Wildman–Crippen MR) is 76.5 cm³/mol. The Kier molecular flexibility index (Phi) is 6.65. The third-order valence-electron chi connectivity index (χ3n) is 3.86. The minimum atomic E-state index is -0.900. The maximum atomic E-state index is 12.6. The lowest BCUT2D eigenvalue weighted by atomic mass is 9.94. The van der Waals surface area contributed by atoms with Gasteiger partial charge >= 0.3 is 11.9 Å². The van der Waals surface area contributed by atoms with Crippen molar-refractivity contribution in [3.8, 4) is 0 Å². The number of nitrogens with zero attached hydrogens (tertiary/aromatic N) is 1. The Balaban J connectivity index is 2.74. The first-order chi connectivity index (χ1) is 9.86. The summed E-state index contributed by atoms with van der Waals surface area (Å²) < 4.78 is 4.60. The Morgan fingerprint density at radius 3 is 2.38 bits per heavy atom. The minimum absolute atomic E-state index is 0.138. The van der Waals surface area contributed by atoms with E-state index < -0.39 is 17.8 Å². The molecule has 1 N–H and O–H groups in total. The Morgan fingerprint density at radius 1 is 1.24 bits per heavy atom. The van der Waals surface area contributed by atoms with Crippen LogP contribution in [-0.2, 0) is 19.1 Å². The highest BCUT2D eigenvalue weighted by Gasteiger charge is 2.39. The molecule has 0 saturated heterocycles. The Hall–Kier alpha value is -1.59. The lowest BCUT2D eigenvalue weighted by molar-refractivity contribution is -0.150. The number of ether oxygens (including phenoxy) is 1. The van der Waals surface area contributed by atoms with Crippen molar-refractivity contribution in [1.29, 1.82) is 0 Å². The van der Waals surface area contributed by atoms with Gasteiger partial charge in [-0.25, -0.2) is 0 Å². The number of rotatable bonds is 7. The molecule has 1 saturated carbocycles. The molecule has 6 nitrogen and oxygen atoms in total. The van der Waals surface area contributed by atoms with Gasteiger partial charge in [-0.2, -0.15) is 0 Å². The standard InChI is InChI=1S/C15H25NO5/c1-10(2)9-16(8-7-13(17)21-3)14(18)11-5-4-6-12(11)15(19)20/h10-12H,4-9H2,1-3H3,(H,19,20)/t11-,12+/m1/s1. The largest absolute Gasteiger partial charge is 0.481 e. The van der Waals surface area contributed by atoms with Gasteiger partial charge < -0.3 is 14.7 Å². The van der Waals surface area contributed by atoms with Gasteiger partial charge in [0.2, 0.25) is 5.91 Å². The molecular weight excluding hydrogens is 274 g/mol. The van der Waals surface area contributed by atoms with Crippen molar-refractivity contribution < 1.29 is 24.2 Å². The second-order valence-electron chi connectivity index (χ2n) is 5.99. The average Bonchev–Trinajstić information content (AvgIpc) is 2.91. The average molecular weight is 299 g/mol. The number of methoxy groups -OCH3 is 1. The molecule has 2 atom stereocenters. The molecule has 21 heavy (non-hydrogen) atoms. The summed E-state index contributed by atoms with van der Waals surface area (Å²) in [5.74, 6) is -2.20. The molecule has 1 fully saturated rings. The Labute approximate surface area is 125 Å². The SMILES string of the molecule is COC(=O)CCN(CC(C)C)C(=O)[C@@H]1CCC[C@@H]1C(=O)O. The molecule has 0 aromatic rings. The van der Waals surface area contributed by atoms with Gasteiger partial charge in [0.15, 0.2) is 0 Å². The Morgan fingerprint density at radius 2 is 1.86 bits per heavy atom. The number of hydrogen-bond acceptors (Lipinski definition) is 4. The molecule has 0 heterocycles. The highest BCUT2D eigenvalue weighted by Crippen LogP contribution is 2.33. The van der Waals surface area contributed by atoms with E-state index in [1.165, 1.54) is 7.11 Å². The van der Waals surface area contributed by atoms with Gasteiger partial charge in [0.1, 0.15) is 0 Å². The molecule has 1 rings (SSSR count). The summed E-state index contributed by atoms with van der Waals surface area (Å²) in [4.78, 5) is 36.7. The van der Waals surface area contributed by atoms with Crippen LogP contribution in [0.15, 0.2) is 0 Å². The van der Waals surface area contributed by atoms with Crippen LogP contribution in [0.3, 0.4) is 0 Å². The number of hydrogen-bond donors (Lipinski definition) is 1. The molecule has 6 heteroatoms. The number of carboxylic acid groups (broad SMARTS) is 1. The Bertz CT molecular complexity index is 394. The number of aliphatic carboxylic acids is 1. The van der Waals surface area contributed by atoms with Crippen LogP contribution in [0, 0.1) is 17.8 Å². The summed E-state index contributed by atoms with van der Waals surface area (Å²) in [5.41, 5.74) is 0. The van der Waals surface area contributed by atoms with Crippen LogP contribution in [0.5, 0.6) is 0 Å². The third-order valence-corrected chi connectivity index (χ3v) is 3.86. The van der Waals surface area contributed by atoms with Gasteiger partial charge in [-0.3, -0.25) is 14.4 Å². The summed E-state index contributed by atoms with van der Waals surface area (Å²) >= 11 is 0. The molecule has 120 valence electrons. The van der Waals surface area contributed by atoms with E-state index in [4.69, 9.17) is 0 Å². The number of esters is 1. The van der Waals surface area contributed by atoms with E-state index >= 15 is 0 Å². The van der Waals surface area contributed by atoms with Crippen LogP contribution >= 0.6 is 0 Å². The first-order valence-corrected chi connectivity index (χ1v) is 7.45. The zero-order valence-electron chi connectivity index (χ0n) is 13.0. The normalized spacial score (nSPS) is 21.3. The van der Waals surface area contributed by atoms with Crippen LogP contribution in [0.25, 0.3) is 0 Å². The zero-order valence-corrected chi connectivity index (χ0v) is 13.0. The molecule has 0 unspecified atom stereocenters. The van der Waals surface area contributed by atoms with E-state index in [0.29, 0.717) is 19.4 Å². The number of amides is 1. The zero-order chi connectivity index (χ0) is 16.0. The molecule has 1 amide bonds. The first kappa shape index (κ1) is 17.5. The van der Waals surface area contributed by atoms with Crippen molar-refractivity contribution in [3.63, 3.8) is 0 Å². The van der Waals surface area contributed by atoms with Crippen LogP contribution < -0.4 is 0 Å². The van der Waals surface area contributed by atoms with Gasteiger partial charge in [0, 0.05) is 13.1 Å². The quantitative estimate of drug-likeness (QED) is 0.721. The van der Waals surface area contributed by atoms with Crippen LogP contribution in [0.4, 0.5) is 0 Å². The summed E-state index contributed by atoms with van der Waals surface area (Å²) in [6.07, 6.45) is 2.07. The van der Waals surface area contributed by atoms with Crippen molar-refractivity contribution >= 4 is 17.8 Å². The van der Waals surface area contributed by atoms with Crippen molar-refractivity contribution in [2.75, 3.05) is 20.2 Å². The van der Waals surface area contributed by atoms with Gasteiger partial charge in [0.25, 0.3) is 0 Å². The predicted octanol–water partition coefficient (Wildman–Crippen LogP) is 1.53. The van der Waals surface area contributed by atoms with E-state index in [1.807, 2.05) is 13.8 Å². The second kappa shape index (κ2) is 8.00. The minimum Gasteiger partial charge on any atom is -0.481 e. The van der Waals surface area contributed by atoms with Gasteiger partial charge in [-0.15, -0.1) is 0 Å². The second-order valence-corrected chi connectivity index (χ2v) is 5.99. The van der Waals surface area contributed by atoms with E-state index in [0.717, 1.165) is 6.42 Å². The van der Waals surface area contributed by atoms with Crippen molar-refractivity contribution in [2.24, 2.45) is 17.8 Å². The molecule has 1 aliphatic rings. The number of carboxylic acids is 1. The molecule has 0 spiro atoms. The molecule has 0 radical (unpaired) electrons. The maximum absolute atomic E-state index is 12.6. The molecule has 0 bridgehead atoms. The van der Waals surface area contributed by atoms with E-state index in [-0.39, 0.29) is 30.8 Å². The fourth-order valence-corrected chi connectivity index (χ4v) is 2.85. The summed E-state index contributed by atoms with van der Waals surface area (Å²) in [5, 5.41) is 9.21.